The Hall–Kier alpha value is 0.260. The second-order valence-electron chi connectivity index (χ2n) is 2.94. The van der Waals surface area contributed by atoms with Crippen molar-refractivity contribution in [2.45, 2.75) is 12.4 Å². The van der Waals surface area contributed by atoms with Crippen molar-refractivity contribution in [2.24, 2.45) is 0 Å². The Morgan fingerprint density at radius 1 is 0.938 bits per heavy atom. The molecular weight excluding hydrogens is 280 g/mol. The van der Waals surface area contributed by atoms with Gasteiger partial charge < -0.3 is 4.74 Å². The van der Waals surface area contributed by atoms with Crippen LogP contribution in [0, 0.1) is 0 Å². The van der Waals surface area contributed by atoms with Crippen LogP contribution in [0.2, 0.25) is 0 Å². The highest BCUT2D eigenvalue weighted by atomic mass is 35.5. The summed E-state index contributed by atoms with van der Waals surface area (Å²) in [7, 11) is -2.28. The maximum atomic E-state index is 12.0. The fraction of sp³-hybridized carbons (Fsp3) is 1.00. The molecule has 0 bridgehead atoms. The number of ether oxygens (including phenoxy) is 1. The number of alkyl halides is 7. The molecule has 0 aromatic carbocycles. The molecule has 0 rings (SSSR count). The molecule has 0 amide bonds. The van der Waals surface area contributed by atoms with Gasteiger partial charge in [-0.1, -0.05) is 7.92 Å². The summed E-state index contributed by atoms with van der Waals surface area (Å²) in [5, 5.41) is 0. The smallest absolute Gasteiger partial charge is 0.376 e. The Bertz CT molecular complexity index is 178. The molecule has 0 spiro atoms. The zero-order valence-electron chi connectivity index (χ0n) is 8.04. The summed E-state index contributed by atoms with van der Waals surface area (Å²) >= 11 is 5.19. The SMILES string of the molecule is FC(F)(F)CP(COCCCl)CC(F)(F)F. The van der Waals surface area contributed by atoms with Crippen LogP contribution in [0.4, 0.5) is 26.3 Å². The molecule has 0 heterocycles. The van der Waals surface area contributed by atoms with E-state index >= 15 is 0 Å². The van der Waals surface area contributed by atoms with Crippen molar-refractivity contribution < 1.29 is 31.1 Å². The first-order valence-corrected chi connectivity index (χ1v) is 6.57. The van der Waals surface area contributed by atoms with Gasteiger partial charge in [-0.15, -0.1) is 11.6 Å². The molecule has 0 aliphatic carbocycles. The molecule has 1 nitrogen and oxygen atoms in total. The van der Waals surface area contributed by atoms with Gasteiger partial charge in [0.25, 0.3) is 0 Å². The number of hydrogen-bond acceptors (Lipinski definition) is 1. The first-order chi connectivity index (χ1) is 7.14. The Morgan fingerprint density at radius 2 is 1.38 bits per heavy atom. The zero-order valence-corrected chi connectivity index (χ0v) is 9.69. The predicted octanol–water partition coefficient (Wildman–Crippen LogP) is 3.81. The van der Waals surface area contributed by atoms with Crippen LogP contribution in [0.15, 0.2) is 0 Å². The third-order valence-corrected chi connectivity index (χ3v) is 3.61. The highest BCUT2D eigenvalue weighted by Crippen LogP contribution is 2.45. The van der Waals surface area contributed by atoms with E-state index in [0.29, 0.717) is 0 Å². The van der Waals surface area contributed by atoms with Crippen LogP contribution in [0.1, 0.15) is 0 Å². The van der Waals surface area contributed by atoms with E-state index in [4.69, 9.17) is 11.6 Å². The number of rotatable bonds is 6. The highest BCUT2D eigenvalue weighted by molar-refractivity contribution is 7.57. The molecule has 0 aromatic rings. The van der Waals surface area contributed by atoms with Crippen molar-refractivity contribution in [3.05, 3.63) is 0 Å². The van der Waals surface area contributed by atoms with E-state index in [1.165, 1.54) is 0 Å². The van der Waals surface area contributed by atoms with Gasteiger partial charge in [0.1, 0.15) is 0 Å². The molecule has 0 aliphatic rings. The lowest BCUT2D eigenvalue weighted by atomic mass is 10.8. The van der Waals surface area contributed by atoms with Crippen LogP contribution >= 0.6 is 19.5 Å². The van der Waals surface area contributed by atoms with Crippen LogP contribution in [0.3, 0.4) is 0 Å². The summed E-state index contributed by atoms with van der Waals surface area (Å²) in [4.78, 5) is 0. The van der Waals surface area contributed by atoms with Gasteiger partial charge in [0.2, 0.25) is 0 Å². The first-order valence-electron chi connectivity index (χ1n) is 4.13. The van der Waals surface area contributed by atoms with E-state index in [-0.39, 0.29) is 12.5 Å². The molecule has 0 saturated carbocycles. The van der Waals surface area contributed by atoms with Crippen LogP contribution in [-0.2, 0) is 4.74 Å². The van der Waals surface area contributed by atoms with Gasteiger partial charge in [0.15, 0.2) is 0 Å². The molecule has 0 unspecified atom stereocenters. The van der Waals surface area contributed by atoms with Crippen molar-refractivity contribution in [3.8, 4) is 0 Å². The molecule has 9 heteroatoms. The van der Waals surface area contributed by atoms with Gasteiger partial charge in [-0.25, -0.2) is 0 Å². The van der Waals surface area contributed by atoms with Crippen molar-refractivity contribution in [1.82, 2.24) is 0 Å². The quantitative estimate of drug-likeness (QED) is 0.313. The third-order valence-electron chi connectivity index (χ3n) is 1.30. The minimum atomic E-state index is -4.60. The molecule has 98 valence electrons. The standard InChI is InChI=1S/C7H10ClF6OP/c8-1-2-15-5-16(3-6(9,10)11)4-7(12,13)14/h1-5H2. The van der Waals surface area contributed by atoms with Gasteiger partial charge in [0.05, 0.1) is 25.3 Å². The second-order valence-corrected chi connectivity index (χ2v) is 5.55. The summed E-state index contributed by atoms with van der Waals surface area (Å²) < 4.78 is 76.4. The van der Waals surface area contributed by atoms with E-state index in [0.717, 1.165) is 0 Å². The van der Waals surface area contributed by atoms with Gasteiger partial charge in [-0.3, -0.25) is 0 Å². The van der Waals surface area contributed by atoms with Crippen LogP contribution < -0.4 is 0 Å². The minimum absolute atomic E-state index is 0.0429. The monoisotopic (exact) mass is 290 g/mol. The third kappa shape index (κ3) is 10.8. The lowest BCUT2D eigenvalue weighted by Crippen LogP contribution is -2.21. The largest absolute Gasteiger partial charge is 0.392 e. The molecule has 0 aromatic heterocycles. The molecular formula is C7H10ClF6OP. The second kappa shape index (κ2) is 6.87. The topological polar surface area (TPSA) is 9.23 Å². The number of halogens is 7. The number of hydrogen-bond donors (Lipinski definition) is 0. The Morgan fingerprint density at radius 3 is 1.69 bits per heavy atom. The van der Waals surface area contributed by atoms with Crippen molar-refractivity contribution >= 4 is 19.5 Å². The maximum Gasteiger partial charge on any atom is 0.392 e. The molecule has 0 radical (unpaired) electrons. The lowest BCUT2D eigenvalue weighted by molar-refractivity contribution is -0.112. The van der Waals surface area contributed by atoms with Gasteiger partial charge >= 0.3 is 12.4 Å². The molecule has 0 aliphatic heterocycles. The summed E-state index contributed by atoms with van der Waals surface area (Å²) in [5.74, 6) is 0.0429. The summed E-state index contributed by atoms with van der Waals surface area (Å²) in [6.45, 7) is -0.0455. The Labute approximate surface area is 94.8 Å². The first kappa shape index (κ1) is 16.3. The molecule has 0 saturated heterocycles. The Kier molecular flexibility index (Phi) is 6.98. The van der Waals surface area contributed by atoms with E-state index in [2.05, 4.69) is 4.74 Å². The zero-order chi connectivity index (χ0) is 12.8. The average molecular weight is 291 g/mol. The lowest BCUT2D eigenvalue weighted by Gasteiger charge is -2.20. The van der Waals surface area contributed by atoms with Crippen LogP contribution in [0.25, 0.3) is 0 Å². The van der Waals surface area contributed by atoms with E-state index in [1.54, 1.807) is 0 Å². The van der Waals surface area contributed by atoms with Crippen molar-refractivity contribution in [2.75, 3.05) is 31.2 Å². The average Bonchev–Trinajstić information content (AvgIpc) is 1.97. The van der Waals surface area contributed by atoms with E-state index in [9.17, 15) is 26.3 Å². The fourth-order valence-electron chi connectivity index (χ4n) is 0.902. The summed E-state index contributed by atoms with van der Waals surface area (Å²) in [6.07, 6.45) is -12.6. The summed E-state index contributed by atoms with van der Waals surface area (Å²) in [6, 6.07) is 0. The van der Waals surface area contributed by atoms with Gasteiger partial charge in [0, 0.05) is 5.88 Å². The normalized spacial score (nSPS) is 13.5. The maximum absolute atomic E-state index is 12.0. The van der Waals surface area contributed by atoms with Crippen molar-refractivity contribution in [1.29, 1.82) is 0 Å². The fourth-order valence-corrected chi connectivity index (χ4v) is 2.71. The van der Waals surface area contributed by atoms with Crippen LogP contribution in [0.5, 0.6) is 0 Å². The highest BCUT2D eigenvalue weighted by Gasteiger charge is 2.38. The van der Waals surface area contributed by atoms with Crippen LogP contribution in [-0.4, -0.2) is 43.5 Å². The Balaban J connectivity index is 4.17. The summed E-state index contributed by atoms with van der Waals surface area (Å²) in [5.41, 5.74) is 0. The predicted molar refractivity (Wildman–Crippen MR) is 50.3 cm³/mol. The molecule has 0 fully saturated rings. The molecule has 0 atom stereocenters. The van der Waals surface area contributed by atoms with Gasteiger partial charge in [-0.05, 0) is 0 Å². The van der Waals surface area contributed by atoms with Gasteiger partial charge in [-0.2, -0.15) is 26.3 Å². The molecule has 16 heavy (non-hydrogen) atoms. The van der Waals surface area contributed by atoms with Crippen molar-refractivity contribution in [3.63, 3.8) is 0 Å². The molecule has 0 N–H and O–H groups in total. The van der Waals surface area contributed by atoms with E-state index in [1.807, 2.05) is 0 Å². The van der Waals surface area contributed by atoms with E-state index < -0.39 is 38.9 Å². The minimum Gasteiger partial charge on any atom is -0.376 e.